The molecule has 0 aliphatic carbocycles. The molecule has 0 saturated carbocycles. The topological polar surface area (TPSA) is 38.8 Å². The number of likely N-dealkylation sites (tertiary alicyclic amines) is 1. The van der Waals surface area contributed by atoms with Crippen LogP contribution in [0.1, 0.15) is 13.3 Å². The van der Waals surface area contributed by atoms with Gasteiger partial charge in [-0.2, -0.15) is 0 Å². The summed E-state index contributed by atoms with van der Waals surface area (Å²) >= 11 is 5.53. The lowest BCUT2D eigenvalue weighted by molar-refractivity contribution is -0.130. The van der Waals surface area contributed by atoms with Crippen LogP contribution in [0.4, 0.5) is 0 Å². The van der Waals surface area contributed by atoms with Crippen LogP contribution in [-0.4, -0.2) is 55.7 Å². The summed E-state index contributed by atoms with van der Waals surface area (Å²) in [5.41, 5.74) is 0. The van der Waals surface area contributed by atoms with Gasteiger partial charge in [-0.25, -0.2) is 0 Å². The lowest BCUT2D eigenvalue weighted by atomic mass is 10.2. The molecule has 0 bridgehead atoms. The highest BCUT2D eigenvalue weighted by Gasteiger charge is 2.35. The molecule has 1 aliphatic rings. The van der Waals surface area contributed by atoms with Crippen LogP contribution in [0.3, 0.4) is 0 Å². The summed E-state index contributed by atoms with van der Waals surface area (Å²) in [6, 6.07) is 0. The van der Waals surface area contributed by atoms with E-state index in [4.69, 9.17) is 21.1 Å². The summed E-state index contributed by atoms with van der Waals surface area (Å²) < 4.78 is 10.8. The predicted octanol–water partition coefficient (Wildman–Crippen LogP) is 0.878. The second kappa shape index (κ2) is 6.30. The van der Waals surface area contributed by atoms with Gasteiger partial charge in [0.1, 0.15) is 12.2 Å². The Morgan fingerprint density at radius 1 is 1.47 bits per heavy atom. The lowest BCUT2D eigenvalue weighted by Gasteiger charge is -2.15. The highest BCUT2D eigenvalue weighted by atomic mass is 35.5. The van der Waals surface area contributed by atoms with E-state index in [0.717, 1.165) is 0 Å². The van der Waals surface area contributed by atoms with Gasteiger partial charge in [0.15, 0.2) is 0 Å². The smallest absolute Gasteiger partial charge is 0.223 e. The van der Waals surface area contributed by atoms with Crippen molar-refractivity contribution >= 4 is 17.5 Å². The molecular weight excluding hydrogens is 218 g/mol. The van der Waals surface area contributed by atoms with E-state index < -0.39 is 0 Å². The van der Waals surface area contributed by atoms with Crippen LogP contribution >= 0.6 is 11.6 Å². The quantitative estimate of drug-likeness (QED) is 0.664. The molecule has 0 unspecified atom stereocenters. The minimum absolute atomic E-state index is 0.000671. The van der Waals surface area contributed by atoms with Gasteiger partial charge in [-0.1, -0.05) is 0 Å². The Hall–Kier alpha value is -0.320. The first-order chi connectivity index (χ1) is 7.22. The molecule has 0 aromatic rings. The third kappa shape index (κ3) is 3.33. The third-order valence-electron chi connectivity index (χ3n) is 2.56. The molecule has 0 N–H and O–H groups in total. The first-order valence-electron chi connectivity index (χ1n) is 5.21. The van der Waals surface area contributed by atoms with E-state index in [-0.39, 0.29) is 18.1 Å². The number of methoxy groups -OCH3 is 1. The molecule has 0 spiro atoms. The molecule has 5 heteroatoms. The molecular formula is C10H18ClNO3. The van der Waals surface area contributed by atoms with E-state index >= 15 is 0 Å². The molecule has 1 heterocycles. The zero-order valence-electron chi connectivity index (χ0n) is 9.24. The van der Waals surface area contributed by atoms with Crippen LogP contribution in [0.5, 0.6) is 0 Å². The Morgan fingerprint density at radius 2 is 2.13 bits per heavy atom. The summed E-state index contributed by atoms with van der Waals surface area (Å²) in [5, 5.41) is 0. The number of halogens is 1. The Bertz CT molecular complexity index is 213. The number of ether oxygens (including phenoxy) is 2. The van der Waals surface area contributed by atoms with Crippen LogP contribution < -0.4 is 0 Å². The lowest BCUT2D eigenvalue weighted by Crippen LogP contribution is -2.30. The Labute approximate surface area is 95.5 Å². The van der Waals surface area contributed by atoms with Crippen molar-refractivity contribution in [3.8, 4) is 0 Å². The SMILES string of the molecule is CCO[C@H]1CN(C(=O)CCCl)C[C@@H]1OC. The number of hydrogen-bond donors (Lipinski definition) is 0. The fraction of sp³-hybridized carbons (Fsp3) is 0.900. The molecule has 15 heavy (non-hydrogen) atoms. The van der Waals surface area contributed by atoms with Crippen LogP contribution in [0.15, 0.2) is 0 Å². The molecule has 1 fully saturated rings. The minimum Gasteiger partial charge on any atom is -0.377 e. The highest BCUT2D eigenvalue weighted by molar-refractivity contribution is 6.18. The summed E-state index contributed by atoms with van der Waals surface area (Å²) in [6.07, 6.45) is 0.375. The number of rotatable bonds is 5. The first-order valence-corrected chi connectivity index (χ1v) is 5.74. The molecule has 1 amide bonds. The van der Waals surface area contributed by atoms with Gasteiger partial charge in [-0.05, 0) is 6.92 Å². The molecule has 0 aromatic carbocycles. The van der Waals surface area contributed by atoms with Gasteiger partial charge in [-0.3, -0.25) is 4.79 Å². The van der Waals surface area contributed by atoms with E-state index in [1.54, 1.807) is 12.0 Å². The molecule has 1 rings (SSSR count). The van der Waals surface area contributed by atoms with Crippen LogP contribution in [-0.2, 0) is 14.3 Å². The van der Waals surface area contributed by atoms with Crippen LogP contribution in [0, 0.1) is 0 Å². The maximum Gasteiger partial charge on any atom is 0.223 e. The second-order valence-electron chi connectivity index (χ2n) is 3.51. The first kappa shape index (κ1) is 12.7. The van der Waals surface area contributed by atoms with Crippen molar-refractivity contribution in [2.75, 3.05) is 32.7 Å². The van der Waals surface area contributed by atoms with Gasteiger partial charge >= 0.3 is 0 Å². The number of nitrogens with zero attached hydrogens (tertiary/aromatic N) is 1. The van der Waals surface area contributed by atoms with Gasteiger partial charge in [0, 0.05) is 39.1 Å². The van der Waals surface area contributed by atoms with Crippen molar-refractivity contribution in [1.29, 1.82) is 0 Å². The largest absolute Gasteiger partial charge is 0.377 e. The molecule has 0 aromatic heterocycles. The van der Waals surface area contributed by atoms with Gasteiger partial charge < -0.3 is 14.4 Å². The summed E-state index contributed by atoms with van der Waals surface area (Å²) in [6.45, 7) is 3.80. The molecule has 1 aliphatic heterocycles. The van der Waals surface area contributed by atoms with E-state index in [2.05, 4.69) is 0 Å². The Morgan fingerprint density at radius 3 is 2.67 bits per heavy atom. The molecule has 88 valence electrons. The van der Waals surface area contributed by atoms with Gasteiger partial charge in [0.05, 0.1) is 0 Å². The van der Waals surface area contributed by atoms with E-state index in [0.29, 0.717) is 32.0 Å². The fourth-order valence-electron chi connectivity index (χ4n) is 1.79. The Balaban J connectivity index is 2.48. The average molecular weight is 236 g/mol. The van der Waals surface area contributed by atoms with Crippen molar-refractivity contribution in [2.24, 2.45) is 0 Å². The van der Waals surface area contributed by atoms with Gasteiger partial charge in [0.2, 0.25) is 5.91 Å². The van der Waals surface area contributed by atoms with E-state index in [9.17, 15) is 4.79 Å². The monoisotopic (exact) mass is 235 g/mol. The van der Waals surface area contributed by atoms with Crippen LogP contribution in [0.2, 0.25) is 0 Å². The number of amides is 1. The summed E-state index contributed by atoms with van der Waals surface area (Å²) in [5.74, 6) is 0.445. The highest BCUT2D eigenvalue weighted by Crippen LogP contribution is 2.17. The van der Waals surface area contributed by atoms with Crippen molar-refractivity contribution in [2.45, 2.75) is 25.6 Å². The number of carbonyl (C=O) groups is 1. The Kier molecular flexibility index (Phi) is 5.36. The molecule has 4 nitrogen and oxygen atoms in total. The number of alkyl halides is 1. The predicted molar refractivity (Wildman–Crippen MR) is 58.1 cm³/mol. The van der Waals surface area contributed by atoms with E-state index in [1.807, 2.05) is 6.92 Å². The second-order valence-corrected chi connectivity index (χ2v) is 3.88. The minimum atomic E-state index is -0.00998. The molecule has 0 radical (unpaired) electrons. The molecule has 2 atom stereocenters. The van der Waals surface area contributed by atoms with Crippen molar-refractivity contribution < 1.29 is 14.3 Å². The number of hydrogen-bond acceptors (Lipinski definition) is 3. The number of carbonyl (C=O) groups excluding carboxylic acids is 1. The zero-order chi connectivity index (χ0) is 11.3. The normalized spacial score (nSPS) is 25.9. The van der Waals surface area contributed by atoms with Gasteiger partial charge in [-0.15, -0.1) is 11.6 Å². The van der Waals surface area contributed by atoms with Crippen molar-refractivity contribution in [3.05, 3.63) is 0 Å². The molecule has 1 saturated heterocycles. The van der Waals surface area contributed by atoms with Crippen molar-refractivity contribution in [1.82, 2.24) is 4.90 Å². The standard InChI is InChI=1S/C10H18ClNO3/c1-3-15-9-7-12(6-8(9)14-2)10(13)4-5-11/h8-9H,3-7H2,1-2H3/t8-,9-/m0/s1. The summed E-state index contributed by atoms with van der Waals surface area (Å²) in [4.78, 5) is 13.3. The summed E-state index contributed by atoms with van der Waals surface area (Å²) in [7, 11) is 1.65. The average Bonchev–Trinajstić information content (AvgIpc) is 2.62. The van der Waals surface area contributed by atoms with Gasteiger partial charge in [0.25, 0.3) is 0 Å². The fourth-order valence-corrected chi connectivity index (χ4v) is 1.95. The maximum absolute atomic E-state index is 11.6. The third-order valence-corrected chi connectivity index (χ3v) is 2.75. The van der Waals surface area contributed by atoms with Crippen LogP contribution in [0.25, 0.3) is 0 Å². The maximum atomic E-state index is 11.6. The van der Waals surface area contributed by atoms with E-state index in [1.165, 1.54) is 0 Å². The van der Waals surface area contributed by atoms with Crippen molar-refractivity contribution in [3.63, 3.8) is 0 Å². The zero-order valence-corrected chi connectivity index (χ0v) is 10.00.